The van der Waals surface area contributed by atoms with Crippen LogP contribution in [0.25, 0.3) is 0 Å². The third kappa shape index (κ3) is 4.19. The van der Waals surface area contributed by atoms with Gasteiger partial charge in [-0.2, -0.15) is 0 Å². The molecule has 3 rings (SSSR count). The molecule has 25 heavy (non-hydrogen) atoms. The number of halogens is 1. The van der Waals surface area contributed by atoms with Crippen LogP contribution < -0.4 is 10.6 Å². The van der Waals surface area contributed by atoms with Crippen LogP contribution in [-0.4, -0.2) is 53.3 Å². The van der Waals surface area contributed by atoms with E-state index in [0.29, 0.717) is 11.5 Å². The maximum absolute atomic E-state index is 14.0. The number of piperazine rings is 1. The van der Waals surface area contributed by atoms with Crippen molar-refractivity contribution >= 4 is 23.7 Å². The average molecular weight is 360 g/mol. The number of benzene rings is 1. The van der Waals surface area contributed by atoms with Gasteiger partial charge in [-0.3, -0.25) is 0 Å². The quantitative estimate of drug-likeness (QED) is 0.511. The first-order valence-corrected chi connectivity index (χ1v) is 9.29. The summed E-state index contributed by atoms with van der Waals surface area (Å²) in [6, 6.07) is 6.87. The van der Waals surface area contributed by atoms with Crippen LogP contribution in [0.3, 0.4) is 0 Å². The lowest BCUT2D eigenvalue weighted by atomic mass is 10.2. The Morgan fingerprint density at radius 2 is 1.92 bits per heavy atom. The lowest BCUT2D eigenvalue weighted by molar-refractivity contribution is 0.378. The van der Waals surface area contributed by atoms with Gasteiger partial charge in [0, 0.05) is 49.0 Å². The first kappa shape index (κ1) is 17.5. The molecule has 0 aliphatic carbocycles. The van der Waals surface area contributed by atoms with E-state index in [1.54, 1.807) is 24.5 Å². The van der Waals surface area contributed by atoms with Crippen molar-refractivity contribution in [2.75, 3.05) is 37.3 Å². The molecular weight excluding hydrogens is 339 g/mol. The Labute approximate surface area is 151 Å². The van der Waals surface area contributed by atoms with Gasteiger partial charge in [-0.15, -0.1) is 11.8 Å². The second-order valence-corrected chi connectivity index (χ2v) is 6.47. The van der Waals surface area contributed by atoms with Gasteiger partial charge in [0.15, 0.2) is 5.96 Å². The Hall–Kier alpha value is -2.35. The van der Waals surface area contributed by atoms with Crippen molar-refractivity contribution in [3.05, 3.63) is 48.0 Å². The van der Waals surface area contributed by atoms with Crippen LogP contribution in [0.5, 0.6) is 0 Å². The molecule has 8 heteroatoms. The minimum Gasteiger partial charge on any atom is -0.370 e. The van der Waals surface area contributed by atoms with Crippen LogP contribution in [-0.2, 0) is 6.54 Å². The van der Waals surface area contributed by atoms with Crippen molar-refractivity contribution in [1.29, 1.82) is 0 Å². The Morgan fingerprint density at radius 1 is 1.20 bits per heavy atom. The zero-order valence-electron chi connectivity index (χ0n) is 14.1. The van der Waals surface area contributed by atoms with Crippen molar-refractivity contribution < 1.29 is 4.39 Å². The molecule has 1 aromatic carbocycles. The molecule has 0 unspecified atom stereocenters. The van der Waals surface area contributed by atoms with Gasteiger partial charge in [0.2, 0.25) is 5.95 Å². The van der Waals surface area contributed by atoms with Gasteiger partial charge in [0.1, 0.15) is 5.82 Å². The van der Waals surface area contributed by atoms with Gasteiger partial charge in [-0.1, -0.05) is 6.07 Å². The summed E-state index contributed by atoms with van der Waals surface area (Å²) in [4.78, 5) is 18.0. The fourth-order valence-corrected chi connectivity index (χ4v) is 3.36. The number of rotatable bonds is 4. The molecule has 1 aromatic heterocycles. The summed E-state index contributed by atoms with van der Waals surface area (Å²) in [5.74, 6) is 0.937. The first-order chi connectivity index (χ1) is 12.2. The molecule has 1 aliphatic rings. The molecule has 0 spiro atoms. The third-order valence-electron chi connectivity index (χ3n) is 4.13. The minimum absolute atomic E-state index is 0.241. The Balaban J connectivity index is 1.61. The highest BCUT2D eigenvalue weighted by Crippen LogP contribution is 2.23. The van der Waals surface area contributed by atoms with Crippen LogP contribution in [0.2, 0.25) is 0 Å². The molecule has 2 aromatic rings. The predicted molar refractivity (Wildman–Crippen MR) is 99.3 cm³/mol. The zero-order chi connectivity index (χ0) is 17.6. The second-order valence-electron chi connectivity index (χ2n) is 5.62. The molecule has 0 amide bonds. The van der Waals surface area contributed by atoms with E-state index in [0.717, 1.165) is 37.0 Å². The number of guanidine groups is 1. The van der Waals surface area contributed by atoms with E-state index in [-0.39, 0.29) is 12.4 Å². The summed E-state index contributed by atoms with van der Waals surface area (Å²) >= 11 is 1.51. The van der Waals surface area contributed by atoms with Crippen LogP contribution in [0.15, 0.2) is 46.5 Å². The van der Waals surface area contributed by atoms with Gasteiger partial charge >= 0.3 is 0 Å². The molecule has 1 aliphatic heterocycles. The number of hydrogen-bond donors (Lipinski definition) is 1. The van der Waals surface area contributed by atoms with Crippen LogP contribution >= 0.6 is 11.8 Å². The standard InChI is InChI=1S/C17H21FN6S/c1-25-15-5-2-4-14(18)13(15)12-22-16(19)23-8-10-24(11-9-23)17-20-6-3-7-21-17/h2-7H,8-12H2,1H3,(H2,19,22). The van der Waals surface area contributed by atoms with Crippen LogP contribution in [0, 0.1) is 5.82 Å². The predicted octanol–water partition coefficient (Wildman–Crippen LogP) is 1.97. The number of nitrogens with zero attached hydrogens (tertiary/aromatic N) is 5. The summed E-state index contributed by atoms with van der Waals surface area (Å²) in [5.41, 5.74) is 6.71. The van der Waals surface area contributed by atoms with Gasteiger partial charge in [-0.05, 0) is 24.5 Å². The number of nitrogens with two attached hydrogens (primary N) is 1. The zero-order valence-corrected chi connectivity index (χ0v) is 14.9. The number of thioether (sulfide) groups is 1. The number of aromatic nitrogens is 2. The Bertz CT molecular complexity index is 731. The SMILES string of the molecule is CSc1cccc(F)c1CN=C(N)N1CCN(c2ncccn2)CC1. The molecule has 2 N–H and O–H groups in total. The molecular formula is C17H21FN6S. The number of hydrogen-bond acceptors (Lipinski definition) is 5. The summed E-state index contributed by atoms with van der Waals surface area (Å²) in [7, 11) is 0. The van der Waals surface area contributed by atoms with Gasteiger partial charge < -0.3 is 15.5 Å². The summed E-state index contributed by atoms with van der Waals surface area (Å²) in [5, 5.41) is 0. The van der Waals surface area contributed by atoms with Crippen molar-refractivity contribution in [2.45, 2.75) is 11.4 Å². The van der Waals surface area contributed by atoms with Crippen LogP contribution in [0.1, 0.15) is 5.56 Å². The average Bonchev–Trinajstić information content (AvgIpc) is 2.67. The van der Waals surface area contributed by atoms with E-state index >= 15 is 0 Å². The van der Waals surface area contributed by atoms with E-state index in [9.17, 15) is 4.39 Å². The smallest absolute Gasteiger partial charge is 0.225 e. The Morgan fingerprint density at radius 3 is 2.60 bits per heavy atom. The molecule has 0 bridgehead atoms. The first-order valence-electron chi connectivity index (χ1n) is 8.07. The lowest BCUT2D eigenvalue weighted by Gasteiger charge is -2.35. The highest BCUT2D eigenvalue weighted by Gasteiger charge is 2.20. The van der Waals surface area contributed by atoms with Crippen molar-refractivity contribution in [3.63, 3.8) is 0 Å². The van der Waals surface area contributed by atoms with E-state index in [1.807, 2.05) is 17.2 Å². The highest BCUT2D eigenvalue weighted by molar-refractivity contribution is 7.98. The van der Waals surface area contributed by atoms with Crippen LogP contribution in [0.4, 0.5) is 10.3 Å². The molecule has 2 heterocycles. The highest BCUT2D eigenvalue weighted by atomic mass is 32.2. The van der Waals surface area contributed by atoms with Gasteiger partial charge in [0.05, 0.1) is 6.54 Å². The molecule has 1 saturated heterocycles. The topological polar surface area (TPSA) is 70.6 Å². The Kier molecular flexibility index (Phi) is 5.70. The fourth-order valence-electron chi connectivity index (χ4n) is 2.73. The van der Waals surface area contributed by atoms with Crippen molar-refractivity contribution in [1.82, 2.24) is 14.9 Å². The van der Waals surface area contributed by atoms with E-state index < -0.39 is 0 Å². The van der Waals surface area contributed by atoms with Gasteiger partial charge in [0.25, 0.3) is 0 Å². The number of anilines is 1. The number of aliphatic imine (C=N–C) groups is 1. The maximum atomic E-state index is 14.0. The lowest BCUT2D eigenvalue weighted by Crippen LogP contribution is -2.51. The maximum Gasteiger partial charge on any atom is 0.225 e. The summed E-state index contributed by atoms with van der Waals surface area (Å²) < 4.78 is 14.0. The monoisotopic (exact) mass is 360 g/mol. The molecule has 0 atom stereocenters. The van der Waals surface area contributed by atoms with Crippen molar-refractivity contribution in [3.8, 4) is 0 Å². The molecule has 0 radical (unpaired) electrons. The van der Waals surface area contributed by atoms with Crippen molar-refractivity contribution in [2.24, 2.45) is 10.7 Å². The van der Waals surface area contributed by atoms with E-state index in [2.05, 4.69) is 19.9 Å². The third-order valence-corrected chi connectivity index (χ3v) is 4.96. The fraction of sp³-hybridized carbons (Fsp3) is 0.353. The molecule has 1 fully saturated rings. The van der Waals surface area contributed by atoms with Gasteiger partial charge in [-0.25, -0.2) is 19.4 Å². The summed E-state index contributed by atoms with van der Waals surface area (Å²) in [6.45, 7) is 3.27. The molecule has 132 valence electrons. The largest absolute Gasteiger partial charge is 0.370 e. The van der Waals surface area contributed by atoms with E-state index in [1.165, 1.54) is 17.8 Å². The normalized spacial score (nSPS) is 15.5. The molecule has 6 nitrogen and oxygen atoms in total. The second kappa shape index (κ2) is 8.15. The van der Waals surface area contributed by atoms with E-state index in [4.69, 9.17) is 5.73 Å². The molecule has 0 saturated carbocycles. The minimum atomic E-state index is -0.241. The summed E-state index contributed by atoms with van der Waals surface area (Å²) in [6.07, 6.45) is 5.40.